The van der Waals surface area contributed by atoms with E-state index in [1.54, 1.807) is 0 Å². The van der Waals surface area contributed by atoms with Gasteiger partial charge in [0.05, 0.1) is 25.2 Å². The van der Waals surface area contributed by atoms with Crippen molar-refractivity contribution in [2.45, 2.75) is 0 Å². The van der Waals surface area contributed by atoms with Crippen LogP contribution in [-0.2, 0) is 19.1 Å². The van der Waals surface area contributed by atoms with E-state index in [2.05, 4.69) is 4.74 Å². The first-order valence-electron chi connectivity index (χ1n) is 5.86. The van der Waals surface area contributed by atoms with Crippen molar-refractivity contribution in [2.75, 3.05) is 40.1 Å². The fraction of sp³-hybridized carbons (Fsp3) is 0.545. The van der Waals surface area contributed by atoms with Gasteiger partial charge in [-0.15, -0.1) is 0 Å². The first-order chi connectivity index (χ1) is 9.11. The minimum atomic E-state index is -0.635. The van der Waals surface area contributed by atoms with Crippen molar-refractivity contribution < 1.29 is 28.8 Å². The van der Waals surface area contributed by atoms with Crippen molar-refractivity contribution in [3.8, 4) is 0 Å². The van der Waals surface area contributed by atoms with Gasteiger partial charge in [-0.25, -0.2) is 9.69 Å². The van der Waals surface area contributed by atoms with Crippen LogP contribution in [0, 0.1) is 0 Å². The van der Waals surface area contributed by atoms with Crippen molar-refractivity contribution >= 4 is 28.9 Å². The zero-order chi connectivity index (χ0) is 13.8. The first kappa shape index (κ1) is 14.0. The molecular weight excluding hydrogens is 272 g/mol. The Hall–Kier alpha value is -1.38. The maximum Gasteiger partial charge on any atom is 0.331 e. The van der Waals surface area contributed by atoms with Crippen molar-refractivity contribution in [3.05, 3.63) is 11.0 Å². The Balaban J connectivity index is 2.01. The molecule has 0 unspecified atom stereocenters. The number of ether oxygens (including phenoxy) is 2. The van der Waals surface area contributed by atoms with Crippen LogP contribution >= 0.6 is 11.8 Å². The number of nitrogens with one attached hydrogen (secondary N) is 1. The van der Waals surface area contributed by atoms with E-state index in [0.717, 1.165) is 35.8 Å². The van der Waals surface area contributed by atoms with E-state index in [4.69, 9.17) is 4.74 Å². The van der Waals surface area contributed by atoms with Gasteiger partial charge in [0.25, 0.3) is 11.1 Å². The van der Waals surface area contributed by atoms with Gasteiger partial charge in [-0.3, -0.25) is 9.59 Å². The summed E-state index contributed by atoms with van der Waals surface area (Å²) in [5.41, 5.74) is 0. The molecule has 0 spiro atoms. The Morgan fingerprint density at radius 1 is 1.47 bits per heavy atom. The van der Waals surface area contributed by atoms with Crippen LogP contribution in [0.25, 0.3) is 0 Å². The predicted octanol–water partition coefficient (Wildman–Crippen LogP) is -1.39. The van der Waals surface area contributed by atoms with Crippen LogP contribution in [0.4, 0.5) is 4.79 Å². The molecule has 2 saturated heterocycles. The lowest BCUT2D eigenvalue weighted by atomic mass is 10.4. The van der Waals surface area contributed by atoms with Gasteiger partial charge in [0.15, 0.2) is 6.67 Å². The number of nitrogens with zero attached hydrogens (tertiary/aromatic N) is 1. The maximum atomic E-state index is 12.0. The number of rotatable bonds is 3. The summed E-state index contributed by atoms with van der Waals surface area (Å²) >= 11 is 0.767. The molecule has 2 amide bonds. The van der Waals surface area contributed by atoms with Crippen molar-refractivity contribution in [1.82, 2.24) is 4.90 Å². The first-order valence-corrected chi connectivity index (χ1v) is 6.68. The Morgan fingerprint density at radius 2 is 2.16 bits per heavy atom. The normalized spacial score (nSPS) is 23.2. The highest BCUT2D eigenvalue weighted by Gasteiger charge is 2.38. The van der Waals surface area contributed by atoms with E-state index in [-0.39, 0.29) is 10.1 Å². The number of carbonyl (C=O) groups is 3. The number of esters is 1. The number of carbonyl (C=O) groups excluding carboxylic acids is 3. The van der Waals surface area contributed by atoms with Crippen LogP contribution in [-0.4, -0.2) is 62.1 Å². The molecule has 2 fully saturated rings. The highest BCUT2D eigenvalue weighted by molar-refractivity contribution is 8.18. The molecule has 0 radical (unpaired) electrons. The molecule has 7 nitrogen and oxygen atoms in total. The van der Waals surface area contributed by atoms with E-state index in [9.17, 15) is 14.4 Å². The highest BCUT2D eigenvalue weighted by Crippen LogP contribution is 2.29. The molecule has 0 bridgehead atoms. The summed E-state index contributed by atoms with van der Waals surface area (Å²) in [6.07, 6.45) is 1.06. The molecule has 0 aromatic carbocycles. The van der Waals surface area contributed by atoms with Crippen LogP contribution in [0.5, 0.6) is 0 Å². The summed E-state index contributed by atoms with van der Waals surface area (Å²) in [6, 6.07) is 0. The lowest BCUT2D eigenvalue weighted by Crippen LogP contribution is -3.15. The summed E-state index contributed by atoms with van der Waals surface area (Å²) in [5, 5.41) is -0.348. The van der Waals surface area contributed by atoms with E-state index in [1.165, 1.54) is 12.0 Å². The number of methoxy groups -OCH3 is 1. The molecule has 2 heterocycles. The van der Waals surface area contributed by atoms with Gasteiger partial charge in [-0.2, -0.15) is 0 Å². The van der Waals surface area contributed by atoms with Gasteiger partial charge in [0, 0.05) is 6.08 Å². The molecule has 1 N–H and O–H groups in total. The quantitative estimate of drug-likeness (QED) is 0.509. The number of morpholine rings is 1. The van der Waals surface area contributed by atoms with Crippen LogP contribution in [0.1, 0.15) is 0 Å². The Kier molecular flexibility index (Phi) is 4.56. The molecule has 0 aliphatic carbocycles. The Labute approximate surface area is 114 Å². The SMILES string of the molecule is COC(=O)/C=C1/SC(=O)N(C[NH+]2CCOCC2)C1=O. The summed E-state index contributed by atoms with van der Waals surface area (Å²) in [4.78, 5) is 37.3. The molecule has 0 aromatic heterocycles. The van der Waals surface area contributed by atoms with E-state index >= 15 is 0 Å². The van der Waals surface area contributed by atoms with E-state index in [1.807, 2.05) is 0 Å². The lowest BCUT2D eigenvalue weighted by molar-refractivity contribution is -0.915. The molecule has 19 heavy (non-hydrogen) atoms. The maximum absolute atomic E-state index is 12.0. The van der Waals surface area contributed by atoms with Crippen LogP contribution in [0.3, 0.4) is 0 Å². The third-order valence-electron chi connectivity index (χ3n) is 2.91. The molecule has 2 aliphatic rings. The predicted molar refractivity (Wildman–Crippen MR) is 66.3 cm³/mol. The van der Waals surface area contributed by atoms with Gasteiger partial charge < -0.3 is 14.4 Å². The molecule has 2 rings (SSSR count). The van der Waals surface area contributed by atoms with E-state index in [0.29, 0.717) is 19.9 Å². The number of quaternary nitrogens is 1. The number of thioether (sulfide) groups is 1. The Bertz CT molecular complexity index is 431. The van der Waals surface area contributed by atoms with Crippen LogP contribution in [0.2, 0.25) is 0 Å². The molecule has 104 valence electrons. The topological polar surface area (TPSA) is 77.3 Å². The van der Waals surface area contributed by atoms with Gasteiger partial charge >= 0.3 is 5.97 Å². The largest absolute Gasteiger partial charge is 0.466 e. The third-order valence-corrected chi connectivity index (χ3v) is 3.81. The zero-order valence-electron chi connectivity index (χ0n) is 10.5. The zero-order valence-corrected chi connectivity index (χ0v) is 11.3. The third kappa shape index (κ3) is 3.34. The number of amides is 2. The summed E-state index contributed by atoms with van der Waals surface area (Å²) in [7, 11) is 1.22. The molecule has 8 heteroatoms. The van der Waals surface area contributed by atoms with E-state index < -0.39 is 11.9 Å². The van der Waals surface area contributed by atoms with Crippen molar-refractivity contribution in [1.29, 1.82) is 0 Å². The van der Waals surface area contributed by atoms with Gasteiger partial charge in [0.1, 0.15) is 13.1 Å². The monoisotopic (exact) mass is 287 g/mol. The molecule has 2 aliphatic heterocycles. The van der Waals surface area contributed by atoms with Crippen molar-refractivity contribution in [2.24, 2.45) is 0 Å². The minimum Gasteiger partial charge on any atom is -0.466 e. The summed E-state index contributed by atoms with van der Waals surface area (Å²) in [6.45, 7) is 3.09. The fourth-order valence-corrected chi connectivity index (χ4v) is 2.64. The fourth-order valence-electron chi connectivity index (χ4n) is 1.84. The van der Waals surface area contributed by atoms with Crippen LogP contribution in [0.15, 0.2) is 11.0 Å². The smallest absolute Gasteiger partial charge is 0.331 e. The second-order valence-electron chi connectivity index (χ2n) is 4.15. The van der Waals surface area contributed by atoms with Gasteiger partial charge in [-0.05, 0) is 11.8 Å². The molecular formula is C11H15N2O5S+. The minimum absolute atomic E-state index is 0.115. The molecule has 0 atom stereocenters. The number of hydrogen-bond donors (Lipinski definition) is 1. The molecule has 0 aromatic rings. The van der Waals surface area contributed by atoms with Crippen molar-refractivity contribution in [3.63, 3.8) is 0 Å². The van der Waals surface area contributed by atoms with Gasteiger partial charge in [0.2, 0.25) is 0 Å². The summed E-state index contributed by atoms with van der Waals surface area (Å²) < 4.78 is 9.67. The van der Waals surface area contributed by atoms with Gasteiger partial charge in [-0.1, -0.05) is 0 Å². The lowest BCUT2D eigenvalue weighted by Gasteiger charge is -2.26. The molecule has 0 saturated carbocycles. The second-order valence-corrected chi connectivity index (χ2v) is 5.15. The Morgan fingerprint density at radius 3 is 2.79 bits per heavy atom. The summed E-state index contributed by atoms with van der Waals surface area (Å²) in [5.74, 6) is -1.07. The average Bonchev–Trinajstić information content (AvgIpc) is 2.67. The second kappa shape index (κ2) is 6.18. The highest BCUT2D eigenvalue weighted by atomic mass is 32.2. The number of imide groups is 1. The number of hydrogen-bond acceptors (Lipinski definition) is 6. The average molecular weight is 287 g/mol. The standard InChI is InChI=1S/C11H14N2O5S/c1-17-9(14)6-8-10(15)13(11(16)19-8)7-12-2-4-18-5-3-12/h6H,2-5,7H2,1H3/p+1/b8-6+. The van der Waals surface area contributed by atoms with Crippen LogP contribution < -0.4 is 4.90 Å².